The van der Waals surface area contributed by atoms with Gasteiger partial charge in [-0.15, -0.1) is 0 Å². The van der Waals surface area contributed by atoms with Crippen LogP contribution in [-0.4, -0.2) is 36.2 Å². The van der Waals surface area contributed by atoms with E-state index in [9.17, 15) is 0 Å². The van der Waals surface area contributed by atoms with Crippen molar-refractivity contribution >= 4 is 0 Å². The maximum atomic E-state index is 6.13. The second-order valence-corrected chi connectivity index (χ2v) is 6.74. The monoisotopic (exact) mass is 290 g/mol. The highest BCUT2D eigenvalue weighted by Gasteiger charge is 2.31. The zero-order valence-electron chi connectivity index (χ0n) is 13.8. The highest BCUT2D eigenvalue weighted by molar-refractivity contribution is 5.30. The van der Waals surface area contributed by atoms with E-state index in [-0.39, 0.29) is 11.6 Å². The first-order chi connectivity index (χ1) is 10.0. The lowest BCUT2D eigenvalue weighted by molar-refractivity contribution is 0.0869. The Morgan fingerprint density at radius 2 is 1.95 bits per heavy atom. The van der Waals surface area contributed by atoms with Crippen molar-refractivity contribution in [3.8, 4) is 5.75 Å². The van der Waals surface area contributed by atoms with E-state index in [1.54, 1.807) is 0 Å². The summed E-state index contributed by atoms with van der Waals surface area (Å²) in [6.07, 6.45) is 5.15. The first-order valence-corrected chi connectivity index (χ1v) is 8.24. The summed E-state index contributed by atoms with van der Waals surface area (Å²) in [6.45, 7) is 9.47. The molecule has 1 aromatic carbocycles. The van der Waals surface area contributed by atoms with Gasteiger partial charge in [0, 0.05) is 12.1 Å². The fourth-order valence-electron chi connectivity index (χ4n) is 3.19. The van der Waals surface area contributed by atoms with Gasteiger partial charge >= 0.3 is 0 Å². The molecule has 0 amide bonds. The number of ether oxygens (including phenoxy) is 1. The van der Waals surface area contributed by atoms with Gasteiger partial charge in [-0.05, 0) is 70.8 Å². The summed E-state index contributed by atoms with van der Waals surface area (Å²) in [4.78, 5) is 2.58. The highest BCUT2D eigenvalue weighted by Crippen LogP contribution is 2.26. The molecule has 1 aliphatic rings. The van der Waals surface area contributed by atoms with Gasteiger partial charge in [0.25, 0.3) is 0 Å². The number of hydrogen-bond acceptors (Lipinski definition) is 3. The first kappa shape index (κ1) is 16.3. The fraction of sp³-hybridized carbons (Fsp3) is 0.667. The van der Waals surface area contributed by atoms with Gasteiger partial charge in [0.15, 0.2) is 0 Å². The van der Waals surface area contributed by atoms with Gasteiger partial charge in [-0.3, -0.25) is 4.90 Å². The molecule has 0 aliphatic carbocycles. The summed E-state index contributed by atoms with van der Waals surface area (Å²) >= 11 is 0. The standard InChI is InChI=1S/C18H30N2O/c1-15(2)21-17-9-7-8-16(12-17)13-18(3,14-19)20-10-5-4-6-11-20/h7-9,12,15H,4-6,10-11,13-14,19H2,1-3H3. The molecule has 1 atom stereocenters. The second-order valence-electron chi connectivity index (χ2n) is 6.74. The Bertz CT molecular complexity index is 441. The van der Waals surface area contributed by atoms with E-state index in [2.05, 4.69) is 43.9 Å². The number of nitrogens with two attached hydrogens (primary N) is 1. The molecule has 118 valence electrons. The highest BCUT2D eigenvalue weighted by atomic mass is 16.5. The number of rotatable bonds is 6. The molecule has 21 heavy (non-hydrogen) atoms. The summed E-state index contributed by atoms with van der Waals surface area (Å²) in [5.74, 6) is 0.959. The average molecular weight is 290 g/mol. The molecule has 1 heterocycles. The largest absolute Gasteiger partial charge is 0.491 e. The molecule has 1 fully saturated rings. The molecule has 3 nitrogen and oxygen atoms in total. The van der Waals surface area contributed by atoms with Crippen LogP contribution in [0.2, 0.25) is 0 Å². The summed E-state index contributed by atoms with van der Waals surface area (Å²) in [6, 6.07) is 8.47. The zero-order valence-corrected chi connectivity index (χ0v) is 13.8. The van der Waals surface area contributed by atoms with Gasteiger partial charge in [0.2, 0.25) is 0 Å². The van der Waals surface area contributed by atoms with Crippen LogP contribution >= 0.6 is 0 Å². The van der Waals surface area contributed by atoms with Crippen LogP contribution in [0.5, 0.6) is 5.75 Å². The van der Waals surface area contributed by atoms with Crippen LogP contribution in [0.25, 0.3) is 0 Å². The Hall–Kier alpha value is -1.06. The Morgan fingerprint density at radius 3 is 2.57 bits per heavy atom. The molecule has 3 heteroatoms. The predicted octanol–water partition coefficient (Wildman–Crippen LogP) is 3.22. The van der Waals surface area contributed by atoms with Crippen molar-refractivity contribution in [2.45, 2.75) is 58.1 Å². The number of hydrogen-bond donors (Lipinski definition) is 1. The third-order valence-corrected chi connectivity index (χ3v) is 4.41. The fourth-order valence-corrected chi connectivity index (χ4v) is 3.19. The molecule has 2 rings (SSSR count). The summed E-state index contributed by atoms with van der Waals surface area (Å²) in [7, 11) is 0. The molecule has 0 radical (unpaired) electrons. The lowest BCUT2D eigenvalue weighted by Crippen LogP contribution is -2.54. The predicted molar refractivity (Wildman–Crippen MR) is 88.8 cm³/mol. The van der Waals surface area contributed by atoms with Gasteiger partial charge in [-0.1, -0.05) is 18.6 Å². The van der Waals surface area contributed by atoms with Crippen LogP contribution < -0.4 is 10.5 Å². The van der Waals surface area contributed by atoms with Crippen molar-refractivity contribution in [3.63, 3.8) is 0 Å². The van der Waals surface area contributed by atoms with Crippen LogP contribution in [0.15, 0.2) is 24.3 Å². The quantitative estimate of drug-likeness (QED) is 0.874. The maximum absolute atomic E-state index is 6.13. The van der Waals surface area contributed by atoms with Crippen LogP contribution in [0, 0.1) is 0 Å². The number of piperidine rings is 1. The minimum atomic E-state index is 0.0525. The lowest BCUT2D eigenvalue weighted by atomic mass is 9.89. The van der Waals surface area contributed by atoms with E-state index >= 15 is 0 Å². The molecule has 2 N–H and O–H groups in total. The van der Waals surface area contributed by atoms with Crippen molar-refractivity contribution < 1.29 is 4.74 Å². The molecule has 1 saturated heterocycles. The molecule has 0 spiro atoms. The Balaban J connectivity index is 2.10. The van der Waals surface area contributed by atoms with Gasteiger partial charge in [-0.25, -0.2) is 0 Å². The number of nitrogens with zero attached hydrogens (tertiary/aromatic N) is 1. The number of likely N-dealkylation sites (tertiary alicyclic amines) is 1. The Labute approximate surface area is 129 Å². The van der Waals surface area contributed by atoms with E-state index < -0.39 is 0 Å². The molecule has 0 aromatic heterocycles. The summed E-state index contributed by atoms with van der Waals surface area (Å²) in [5.41, 5.74) is 7.50. The van der Waals surface area contributed by atoms with Crippen LogP contribution in [0.4, 0.5) is 0 Å². The maximum Gasteiger partial charge on any atom is 0.119 e. The molecule has 0 saturated carbocycles. The first-order valence-electron chi connectivity index (χ1n) is 8.24. The van der Waals surface area contributed by atoms with E-state index in [4.69, 9.17) is 10.5 Å². The molecule has 1 unspecified atom stereocenters. The molecule has 1 aromatic rings. The van der Waals surface area contributed by atoms with Crippen LogP contribution in [0.1, 0.15) is 45.6 Å². The van der Waals surface area contributed by atoms with Gasteiger partial charge < -0.3 is 10.5 Å². The topological polar surface area (TPSA) is 38.5 Å². The Kier molecular flexibility index (Phi) is 5.65. The number of benzene rings is 1. The zero-order chi connectivity index (χ0) is 15.3. The van der Waals surface area contributed by atoms with Crippen LogP contribution in [-0.2, 0) is 6.42 Å². The lowest BCUT2D eigenvalue weighted by Gasteiger charge is -2.43. The van der Waals surface area contributed by atoms with Gasteiger partial charge in [0.1, 0.15) is 5.75 Å². The van der Waals surface area contributed by atoms with Crippen LogP contribution in [0.3, 0.4) is 0 Å². The minimum Gasteiger partial charge on any atom is -0.491 e. The minimum absolute atomic E-state index is 0.0525. The third-order valence-electron chi connectivity index (χ3n) is 4.41. The van der Waals surface area contributed by atoms with Gasteiger partial charge in [0.05, 0.1) is 6.10 Å². The Morgan fingerprint density at radius 1 is 1.24 bits per heavy atom. The van der Waals surface area contributed by atoms with Crippen molar-refractivity contribution in [1.82, 2.24) is 4.90 Å². The average Bonchev–Trinajstić information content (AvgIpc) is 2.47. The van der Waals surface area contributed by atoms with Crippen molar-refractivity contribution in [2.75, 3.05) is 19.6 Å². The van der Waals surface area contributed by atoms with E-state index in [0.29, 0.717) is 6.54 Å². The molecule has 1 aliphatic heterocycles. The van der Waals surface area contributed by atoms with Gasteiger partial charge in [-0.2, -0.15) is 0 Å². The van der Waals surface area contributed by atoms with E-state index in [0.717, 1.165) is 12.2 Å². The third kappa shape index (κ3) is 4.45. The van der Waals surface area contributed by atoms with Crippen molar-refractivity contribution in [2.24, 2.45) is 5.73 Å². The second kappa shape index (κ2) is 7.28. The summed E-state index contributed by atoms with van der Waals surface area (Å²) < 4.78 is 5.80. The smallest absolute Gasteiger partial charge is 0.119 e. The molecular weight excluding hydrogens is 260 g/mol. The van der Waals surface area contributed by atoms with E-state index in [1.165, 1.54) is 37.9 Å². The SMILES string of the molecule is CC(C)Oc1cccc(CC(C)(CN)N2CCCCC2)c1. The normalized spacial score (nSPS) is 19.5. The van der Waals surface area contributed by atoms with Crippen molar-refractivity contribution in [1.29, 1.82) is 0 Å². The van der Waals surface area contributed by atoms with E-state index in [1.807, 2.05) is 6.07 Å². The molecular formula is C18H30N2O. The summed E-state index contributed by atoms with van der Waals surface area (Å²) in [5, 5.41) is 0. The molecule has 0 bridgehead atoms. The van der Waals surface area contributed by atoms with Crippen molar-refractivity contribution in [3.05, 3.63) is 29.8 Å².